The summed E-state index contributed by atoms with van der Waals surface area (Å²) in [5.74, 6) is 0.565. The molecule has 2 heteroatoms. The topological polar surface area (TPSA) is 40.5 Å². The Hall–Kier alpha value is -1.96. The highest BCUT2D eigenvalue weighted by Gasteiger charge is 2.06. The van der Waals surface area contributed by atoms with Crippen molar-refractivity contribution in [2.24, 2.45) is 0 Å². The minimum atomic E-state index is 0.282. The Morgan fingerprint density at radius 1 is 0.765 bits per heavy atom. The number of hydrogen-bond donors (Lipinski definition) is 2. The first-order chi connectivity index (χ1) is 8.06. The summed E-state index contributed by atoms with van der Waals surface area (Å²) in [4.78, 5) is 0. The summed E-state index contributed by atoms with van der Waals surface area (Å²) in [5, 5.41) is 19.6. The van der Waals surface area contributed by atoms with Gasteiger partial charge < -0.3 is 10.2 Å². The van der Waals surface area contributed by atoms with Crippen LogP contribution in [-0.4, -0.2) is 10.2 Å². The highest BCUT2D eigenvalue weighted by molar-refractivity contribution is 5.44. The SMILES string of the molecule is Cc1ccc(Cc2ccc(C)cc2O)c(O)c1. The molecule has 88 valence electrons. The van der Waals surface area contributed by atoms with Gasteiger partial charge in [0.2, 0.25) is 0 Å². The van der Waals surface area contributed by atoms with Crippen molar-refractivity contribution in [2.45, 2.75) is 20.3 Å². The van der Waals surface area contributed by atoms with Crippen LogP contribution in [0.15, 0.2) is 36.4 Å². The molecule has 0 aliphatic rings. The van der Waals surface area contributed by atoms with Crippen molar-refractivity contribution < 1.29 is 10.2 Å². The number of hydrogen-bond acceptors (Lipinski definition) is 2. The average molecular weight is 228 g/mol. The van der Waals surface area contributed by atoms with Gasteiger partial charge in [-0.2, -0.15) is 0 Å². The average Bonchev–Trinajstić information content (AvgIpc) is 2.25. The van der Waals surface area contributed by atoms with Crippen molar-refractivity contribution in [1.82, 2.24) is 0 Å². The van der Waals surface area contributed by atoms with Gasteiger partial charge in [0.05, 0.1) is 0 Å². The van der Waals surface area contributed by atoms with Gasteiger partial charge in [-0.15, -0.1) is 0 Å². The van der Waals surface area contributed by atoms with Crippen LogP contribution in [0, 0.1) is 13.8 Å². The predicted molar refractivity (Wildman–Crippen MR) is 68.5 cm³/mol. The highest BCUT2D eigenvalue weighted by Crippen LogP contribution is 2.26. The van der Waals surface area contributed by atoms with Gasteiger partial charge >= 0.3 is 0 Å². The van der Waals surface area contributed by atoms with Crippen molar-refractivity contribution in [3.63, 3.8) is 0 Å². The summed E-state index contributed by atoms with van der Waals surface area (Å²) in [6, 6.07) is 11.2. The molecule has 0 unspecified atom stereocenters. The van der Waals surface area contributed by atoms with Crippen LogP contribution in [0.5, 0.6) is 11.5 Å². The molecule has 0 fully saturated rings. The van der Waals surface area contributed by atoms with Gasteiger partial charge in [0.15, 0.2) is 0 Å². The summed E-state index contributed by atoms with van der Waals surface area (Å²) in [7, 11) is 0. The van der Waals surface area contributed by atoms with Gasteiger partial charge in [-0.05, 0) is 48.2 Å². The first-order valence-corrected chi connectivity index (χ1v) is 5.63. The van der Waals surface area contributed by atoms with Crippen LogP contribution in [0.2, 0.25) is 0 Å². The third-order valence-electron chi connectivity index (χ3n) is 2.86. The van der Waals surface area contributed by atoms with Gasteiger partial charge in [0.1, 0.15) is 11.5 Å². The van der Waals surface area contributed by atoms with Crippen LogP contribution in [0.25, 0.3) is 0 Å². The van der Waals surface area contributed by atoms with Gasteiger partial charge in [-0.1, -0.05) is 24.3 Å². The molecule has 2 rings (SSSR count). The van der Waals surface area contributed by atoms with E-state index in [0.717, 1.165) is 22.3 Å². The zero-order valence-electron chi connectivity index (χ0n) is 10.1. The number of aromatic hydroxyl groups is 2. The summed E-state index contributed by atoms with van der Waals surface area (Å²) < 4.78 is 0. The molecule has 2 aromatic rings. The van der Waals surface area contributed by atoms with E-state index in [2.05, 4.69) is 0 Å². The molecule has 0 saturated carbocycles. The van der Waals surface area contributed by atoms with Crippen molar-refractivity contribution in [1.29, 1.82) is 0 Å². The number of phenols is 2. The lowest BCUT2D eigenvalue weighted by molar-refractivity contribution is 0.462. The molecular formula is C15H16O2. The Bertz CT molecular complexity index is 495. The van der Waals surface area contributed by atoms with Crippen LogP contribution in [0.4, 0.5) is 0 Å². The van der Waals surface area contributed by atoms with Crippen LogP contribution < -0.4 is 0 Å². The predicted octanol–water partition coefficient (Wildman–Crippen LogP) is 3.31. The monoisotopic (exact) mass is 228 g/mol. The van der Waals surface area contributed by atoms with E-state index in [1.165, 1.54) is 0 Å². The first-order valence-electron chi connectivity index (χ1n) is 5.63. The van der Waals surface area contributed by atoms with Gasteiger partial charge in [0.25, 0.3) is 0 Å². The smallest absolute Gasteiger partial charge is 0.119 e. The summed E-state index contributed by atoms with van der Waals surface area (Å²) in [6.45, 7) is 3.87. The molecule has 2 aromatic carbocycles. The zero-order valence-corrected chi connectivity index (χ0v) is 10.1. The molecule has 0 atom stereocenters. The van der Waals surface area contributed by atoms with Crippen LogP contribution in [0.1, 0.15) is 22.3 Å². The molecule has 0 radical (unpaired) electrons. The third-order valence-corrected chi connectivity index (χ3v) is 2.86. The molecule has 0 aliphatic heterocycles. The van der Waals surface area contributed by atoms with Gasteiger partial charge in [0, 0.05) is 6.42 Å². The summed E-state index contributed by atoms with van der Waals surface area (Å²) in [5.41, 5.74) is 3.71. The molecule has 0 amide bonds. The van der Waals surface area contributed by atoms with Crippen molar-refractivity contribution in [3.05, 3.63) is 58.7 Å². The van der Waals surface area contributed by atoms with Crippen molar-refractivity contribution in [3.8, 4) is 11.5 Å². The third kappa shape index (κ3) is 2.59. The summed E-state index contributed by atoms with van der Waals surface area (Å²) >= 11 is 0. The van der Waals surface area contributed by atoms with E-state index in [0.29, 0.717) is 6.42 Å². The van der Waals surface area contributed by atoms with E-state index in [4.69, 9.17) is 0 Å². The lowest BCUT2D eigenvalue weighted by Crippen LogP contribution is -1.90. The van der Waals surface area contributed by atoms with E-state index in [9.17, 15) is 10.2 Å². The Labute approximate surface area is 101 Å². The van der Waals surface area contributed by atoms with Crippen LogP contribution in [0.3, 0.4) is 0 Å². The Balaban J connectivity index is 2.31. The lowest BCUT2D eigenvalue weighted by Gasteiger charge is -2.08. The molecule has 0 spiro atoms. The van der Waals surface area contributed by atoms with E-state index in [1.807, 2.05) is 38.1 Å². The zero-order chi connectivity index (χ0) is 12.4. The number of benzene rings is 2. The lowest BCUT2D eigenvalue weighted by atomic mass is 10.0. The van der Waals surface area contributed by atoms with Crippen molar-refractivity contribution in [2.75, 3.05) is 0 Å². The van der Waals surface area contributed by atoms with Gasteiger partial charge in [-0.25, -0.2) is 0 Å². The Morgan fingerprint density at radius 2 is 1.18 bits per heavy atom. The number of phenolic OH excluding ortho intramolecular Hbond substituents is 2. The maximum atomic E-state index is 9.82. The molecule has 2 nitrogen and oxygen atoms in total. The molecule has 0 bridgehead atoms. The molecule has 0 aromatic heterocycles. The second-order valence-electron chi connectivity index (χ2n) is 4.44. The highest BCUT2D eigenvalue weighted by atomic mass is 16.3. The van der Waals surface area contributed by atoms with Crippen LogP contribution >= 0.6 is 0 Å². The molecule has 0 saturated heterocycles. The number of aryl methyl sites for hydroxylation is 2. The van der Waals surface area contributed by atoms with E-state index in [1.54, 1.807) is 12.1 Å². The minimum Gasteiger partial charge on any atom is -0.508 e. The second-order valence-corrected chi connectivity index (χ2v) is 4.44. The fraction of sp³-hybridized carbons (Fsp3) is 0.200. The first kappa shape index (κ1) is 11.5. The minimum absolute atomic E-state index is 0.282. The summed E-state index contributed by atoms with van der Waals surface area (Å²) in [6.07, 6.45) is 0.540. The molecule has 2 N–H and O–H groups in total. The van der Waals surface area contributed by atoms with E-state index in [-0.39, 0.29) is 11.5 Å². The Morgan fingerprint density at radius 3 is 1.53 bits per heavy atom. The second kappa shape index (κ2) is 4.50. The van der Waals surface area contributed by atoms with E-state index >= 15 is 0 Å². The normalized spacial score (nSPS) is 10.5. The number of rotatable bonds is 2. The molecule has 0 aliphatic carbocycles. The van der Waals surface area contributed by atoms with Gasteiger partial charge in [-0.3, -0.25) is 0 Å². The van der Waals surface area contributed by atoms with Crippen molar-refractivity contribution >= 4 is 0 Å². The van der Waals surface area contributed by atoms with Crippen LogP contribution in [-0.2, 0) is 6.42 Å². The quantitative estimate of drug-likeness (QED) is 0.828. The standard InChI is InChI=1S/C15H16O2/c1-10-3-5-12(14(16)7-10)9-13-6-4-11(2)8-15(13)17/h3-8,16-17H,9H2,1-2H3. The fourth-order valence-electron chi connectivity index (χ4n) is 1.85. The maximum absolute atomic E-state index is 9.82. The van der Waals surface area contributed by atoms with E-state index < -0.39 is 0 Å². The Kier molecular flexibility index (Phi) is 3.05. The molecule has 0 heterocycles. The molecular weight excluding hydrogens is 212 g/mol. The molecule has 17 heavy (non-hydrogen) atoms. The maximum Gasteiger partial charge on any atom is 0.119 e. The largest absolute Gasteiger partial charge is 0.508 e. The fourth-order valence-corrected chi connectivity index (χ4v) is 1.85.